The van der Waals surface area contributed by atoms with Crippen molar-refractivity contribution in [3.8, 4) is 0 Å². The average Bonchev–Trinajstić information content (AvgIpc) is 3.01. The van der Waals surface area contributed by atoms with Crippen LogP contribution in [-0.2, 0) is 0 Å². The van der Waals surface area contributed by atoms with Gasteiger partial charge in [-0.1, -0.05) is 20.8 Å². The summed E-state index contributed by atoms with van der Waals surface area (Å²) in [6, 6.07) is 1.38. The van der Waals surface area contributed by atoms with Crippen molar-refractivity contribution in [3.05, 3.63) is 0 Å². The number of rotatable bonds is 7. The van der Waals surface area contributed by atoms with E-state index in [4.69, 9.17) is 0 Å². The monoisotopic (exact) mass is 281 g/mol. The number of hydrogen-bond acceptors (Lipinski definition) is 3. The maximum absolute atomic E-state index is 3.83. The minimum atomic E-state index is 0.446. The van der Waals surface area contributed by atoms with Gasteiger partial charge in [-0.15, -0.1) is 0 Å². The fourth-order valence-electron chi connectivity index (χ4n) is 4.02. The molecule has 2 fully saturated rings. The van der Waals surface area contributed by atoms with E-state index >= 15 is 0 Å². The average molecular weight is 281 g/mol. The first-order valence-corrected chi connectivity index (χ1v) is 8.70. The number of nitrogens with zero attached hydrogens (tertiary/aromatic N) is 2. The number of likely N-dealkylation sites (tertiary alicyclic amines) is 1. The summed E-state index contributed by atoms with van der Waals surface area (Å²) in [4.78, 5) is 5.26. The smallest absolute Gasteiger partial charge is 0.0274 e. The van der Waals surface area contributed by atoms with Gasteiger partial charge in [0.25, 0.3) is 0 Å². The van der Waals surface area contributed by atoms with Gasteiger partial charge in [-0.3, -0.25) is 0 Å². The van der Waals surface area contributed by atoms with Crippen LogP contribution in [0.2, 0.25) is 0 Å². The topological polar surface area (TPSA) is 18.5 Å². The first-order valence-electron chi connectivity index (χ1n) is 8.70. The zero-order valence-electron chi connectivity index (χ0n) is 14.1. The molecule has 2 unspecified atom stereocenters. The Kier molecular flexibility index (Phi) is 5.88. The standard InChI is InChI=1S/C17H35N3/c1-5-10-18-16-15(8-9-17(16,2)3)19(4)13-14-20-11-6-7-12-20/h15-16,18H,5-14H2,1-4H3. The molecule has 3 nitrogen and oxygen atoms in total. The van der Waals surface area contributed by atoms with Crippen molar-refractivity contribution >= 4 is 0 Å². The molecule has 1 aliphatic heterocycles. The highest BCUT2D eigenvalue weighted by Gasteiger charge is 2.42. The molecule has 0 bridgehead atoms. The van der Waals surface area contributed by atoms with Crippen molar-refractivity contribution in [2.24, 2.45) is 5.41 Å². The largest absolute Gasteiger partial charge is 0.312 e. The Bertz CT molecular complexity index is 284. The van der Waals surface area contributed by atoms with Crippen LogP contribution in [0.15, 0.2) is 0 Å². The third-order valence-electron chi connectivity index (χ3n) is 5.46. The molecule has 20 heavy (non-hydrogen) atoms. The van der Waals surface area contributed by atoms with Crippen molar-refractivity contribution in [1.29, 1.82) is 0 Å². The van der Waals surface area contributed by atoms with E-state index in [1.54, 1.807) is 0 Å². The Hall–Kier alpha value is -0.120. The summed E-state index contributed by atoms with van der Waals surface area (Å²) in [5.41, 5.74) is 0.446. The van der Waals surface area contributed by atoms with Crippen molar-refractivity contribution < 1.29 is 0 Å². The van der Waals surface area contributed by atoms with Crippen LogP contribution < -0.4 is 5.32 Å². The third-order valence-corrected chi connectivity index (χ3v) is 5.46. The molecule has 2 aliphatic rings. The summed E-state index contributed by atoms with van der Waals surface area (Å²) in [6.07, 6.45) is 6.75. The molecule has 2 atom stereocenters. The summed E-state index contributed by atoms with van der Waals surface area (Å²) in [5, 5.41) is 3.83. The van der Waals surface area contributed by atoms with Gasteiger partial charge in [0.1, 0.15) is 0 Å². The molecule has 1 heterocycles. The molecule has 0 amide bonds. The lowest BCUT2D eigenvalue weighted by Crippen LogP contribution is -2.52. The van der Waals surface area contributed by atoms with E-state index in [-0.39, 0.29) is 0 Å². The zero-order chi connectivity index (χ0) is 14.6. The predicted molar refractivity (Wildman–Crippen MR) is 87.2 cm³/mol. The molecule has 0 radical (unpaired) electrons. The molecule has 1 aliphatic carbocycles. The van der Waals surface area contributed by atoms with Gasteiger partial charge in [-0.05, 0) is 64.2 Å². The van der Waals surface area contributed by atoms with Crippen LogP contribution in [0.4, 0.5) is 0 Å². The van der Waals surface area contributed by atoms with Crippen LogP contribution in [0.1, 0.15) is 52.9 Å². The quantitative estimate of drug-likeness (QED) is 0.774. The van der Waals surface area contributed by atoms with Gasteiger partial charge in [-0.25, -0.2) is 0 Å². The van der Waals surface area contributed by atoms with E-state index in [1.165, 1.54) is 58.3 Å². The molecule has 0 aromatic rings. The van der Waals surface area contributed by atoms with Crippen molar-refractivity contribution in [2.75, 3.05) is 39.8 Å². The van der Waals surface area contributed by atoms with Gasteiger partial charge in [0.15, 0.2) is 0 Å². The summed E-state index contributed by atoms with van der Waals surface area (Å²) in [7, 11) is 2.34. The minimum Gasteiger partial charge on any atom is -0.312 e. The summed E-state index contributed by atoms with van der Waals surface area (Å²) in [5.74, 6) is 0. The summed E-state index contributed by atoms with van der Waals surface area (Å²) < 4.78 is 0. The molecule has 3 heteroatoms. The zero-order valence-corrected chi connectivity index (χ0v) is 14.1. The predicted octanol–water partition coefficient (Wildman–Crippen LogP) is 2.57. The Morgan fingerprint density at radius 3 is 2.60 bits per heavy atom. The second kappa shape index (κ2) is 7.24. The van der Waals surface area contributed by atoms with Gasteiger partial charge in [0.05, 0.1) is 0 Å². The van der Waals surface area contributed by atoms with Gasteiger partial charge in [-0.2, -0.15) is 0 Å². The number of hydrogen-bond donors (Lipinski definition) is 1. The van der Waals surface area contributed by atoms with Crippen LogP contribution in [0, 0.1) is 5.41 Å². The van der Waals surface area contributed by atoms with E-state index in [0.717, 1.165) is 12.6 Å². The van der Waals surface area contributed by atoms with E-state index in [2.05, 4.69) is 42.9 Å². The third kappa shape index (κ3) is 3.96. The number of nitrogens with one attached hydrogen (secondary N) is 1. The fraction of sp³-hybridized carbons (Fsp3) is 1.00. The van der Waals surface area contributed by atoms with E-state index in [1.807, 2.05) is 0 Å². The highest BCUT2D eigenvalue weighted by atomic mass is 15.2. The summed E-state index contributed by atoms with van der Waals surface area (Å²) in [6.45, 7) is 13.4. The minimum absolute atomic E-state index is 0.446. The first kappa shape index (κ1) is 16.3. The molecule has 1 saturated carbocycles. The van der Waals surface area contributed by atoms with Crippen molar-refractivity contribution in [1.82, 2.24) is 15.1 Å². The lowest BCUT2D eigenvalue weighted by atomic mass is 9.86. The molecular formula is C17H35N3. The molecule has 1 saturated heterocycles. The first-order chi connectivity index (χ1) is 9.54. The normalized spacial score (nSPS) is 30.4. The molecule has 0 aromatic carbocycles. The molecule has 1 N–H and O–H groups in total. The van der Waals surface area contributed by atoms with Crippen LogP contribution in [0.25, 0.3) is 0 Å². The maximum atomic E-state index is 3.83. The second-order valence-corrected chi connectivity index (χ2v) is 7.56. The molecule has 2 rings (SSSR count). The highest BCUT2D eigenvalue weighted by molar-refractivity contribution is 5.00. The highest BCUT2D eigenvalue weighted by Crippen LogP contribution is 2.39. The van der Waals surface area contributed by atoms with Gasteiger partial charge in [0.2, 0.25) is 0 Å². The Labute approximate surface area is 126 Å². The van der Waals surface area contributed by atoms with Crippen molar-refractivity contribution in [2.45, 2.75) is 65.0 Å². The molecule has 0 spiro atoms. The van der Waals surface area contributed by atoms with E-state index < -0.39 is 0 Å². The van der Waals surface area contributed by atoms with Crippen LogP contribution in [0.3, 0.4) is 0 Å². The van der Waals surface area contributed by atoms with Gasteiger partial charge < -0.3 is 15.1 Å². The van der Waals surface area contributed by atoms with Crippen LogP contribution in [-0.4, -0.2) is 61.7 Å². The number of likely N-dealkylation sites (N-methyl/N-ethyl adjacent to an activating group) is 1. The van der Waals surface area contributed by atoms with Gasteiger partial charge >= 0.3 is 0 Å². The fourth-order valence-corrected chi connectivity index (χ4v) is 4.02. The molecule has 0 aromatic heterocycles. The second-order valence-electron chi connectivity index (χ2n) is 7.56. The Balaban J connectivity index is 1.84. The molecule has 118 valence electrons. The van der Waals surface area contributed by atoms with E-state index in [9.17, 15) is 0 Å². The van der Waals surface area contributed by atoms with Crippen molar-refractivity contribution in [3.63, 3.8) is 0 Å². The lowest BCUT2D eigenvalue weighted by Gasteiger charge is -2.36. The summed E-state index contributed by atoms with van der Waals surface area (Å²) >= 11 is 0. The van der Waals surface area contributed by atoms with Gasteiger partial charge in [0, 0.05) is 25.2 Å². The lowest BCUT2D eigenvalue weighted by molar-refractivity contribution is 0.156. The van der Waals surface area contributed by atoms with Crippen LogP contribution in [0.5, 0.6) is 0 Å². The Morgan fingerprint density at radius 1 is 1.25 bits per heavy atom. The SMILES string of the molecule is CCCNC1C(N(C)CCN2CCCC2)CCC1(C)C. The van der Waals surface area contributed by atoms with Crippen LogP contribution >= 0.6 is 0 Å². The molecular weight excluding hydrogens is 246 g/mol. The van der Waals surface area contributed by atoms with E-state index in [0.29, 0.717) is 11.5 Å². The maximum Gasteiger partial charge on any atom is 0.0274 e. The Morgan fingerprint density at radius 2 is 1.95 bits per heavy atom.